The molecule has 0 amide bonds. The standard InChI is InChI=1S/C10H16N4O2/c1-3-13(2)7-6-11-9-4-5-10(12-8-9)14(15)16/h4-5,8,11H,3,6-7H2,1-2H3. The first-order valence-corrected chi connectivity index (χ1v) is 5.16. The van der Waals surface area contributed by atoms with Crippen molar-refractivity contribution in [2.24, 2.45) is 0 Å². The largest absolute Gasteiger partial charge is 0.381 e. The molecule has 0 fully saturated rings. The highest BCUT2D eigenvalue weighted by Gasteiger charge is 2.05. The molecule has 6 nitrogen and oxygen atoms in total. The minimum absolute atomic E-state index is 0.128. The van der Waals surface area contributed by atoms with Crippen LogP contribution in [0.4, 0.5) is 11.5 Å². The topological polar surface area (TPSA) is 71.3 Å². The van der Waals surface area contributed by atoms with E-state index in [0.717, 1.165) is 25.3 Å². The molecule has 1 aromatic rings. The van der Waals surface area contributed by atoms with Crippen LogP contribution in [0.3, 0.4) is 0 Å². The molecule has 0 aromatic carbocycles. The van der Waals surface area contributed by atoms with E-state index < -0.39 is 4.92 Å². The van der Waals surface area contributed by atoms with E-state index in [0.29, 0.717) is 0 Å². The van der Waals surface area contributed by atoms with Crippen LogP contribution in [0, 0.1) is 10.1 Å². The minimum Gasteiger partial charge on any atom is -0.381 e. The minimum atomic E-state index is -0.505. The summed E-state index contributed by atoms with van der Waals surface area (Å²) in [5.74, 6) is -0.128. The highest BCUT2D eigenvalue weighted by molar-refractivity contribution is 5.43. The predicted octanol–water partition coefficient (Wildman–Crippen LogP) is 1.35. The number of aromatic nitrogens is 1. The second kappa shape index (κ2) is 6.02. The second-order valence-corrected chi connectivity index (χ2v) is 3.48. The third-order valence-corrected chi connectivity index (χ3v) is 2.30. The number of pyridine rings is 1. The van der Waals surface area contributed by atoms with Gasteiger partial charge >= 0.3 is 5.82 Å². The van der Waals surface area contributed by atoms with Gasteiger partial charge in [-0.25, -0.2) is 0 Å². The molecule has 1 rings (SSSR count). The van der Waals surface area contributed by atoms with Crippen molar-refractivity contribution >= 4 is 11.5 Å². The molecule has 0 saturated carbocycles. The zero-order valence-corrected chi connectivity index (χ0v) is 9.51. The van der Waals surface area contributed by atoms with Gasteiger partial charge in [0.25, 0.3) is 0 Å². The van der Waals surface area contributed by atoms with Crippen molar-refractivity contribution < 1.29 is 4.92 Å². The Morgan fingerprint density at radius 1 is 1.56 bits per heavy atom. The fraction of sp³-hybridized carbons (Fsp3) is 0.500. The van der Waals surface area contributed by atoms with Crippen LogP contribution in [0.2, 0.25) is 0 Å². The molecule has 0 spiro atoms. The van der Waals surface area contributed by atoms with Crippen molar-refractivity contribution in [2.45, 2.75) is 6.92 Å². The van der Waals surface area contributed by atoms with Crippen LogP contribution in [0.25, 0.3) is 0 Å². The van der Waals surface area contributed by atoms with E-state index in [1.807, 2.05) is 7.05 Å². The zero-order valence-electron chi connectivity index (χ0n) is 9.51. The summed E-state index contributed by atoms with van der Waals surface area (Å²) >= 11 is 0. The molecule has 0 radical (unpaired) electrons. The molecule has 0 aliphatic rings. The van der Waals surface area contributed by atoms with Crippen molar-refractivity contribution in [1.29, 1.82) is 0 Å². The third-order valence-electron chi connectivity index (χ3n) is 2.30. The van der Waals surface area contributed by atoms with Gasteiger partial charge in [0.2, 0.25) is 0 Å². The second-order valence-electron chi connectivity index (χ2n) is 3.48. The van der Waals surface area contributed by atoms with Crippen molar-refractivity contribution in [3.8, 4) is 0 Å². The molecular weight excluding hydrogens is 208 g/mol. The van der Waals surface area contributed by atoms with Gasteiger partial charge in [-0.05, 0) is 29.6 Å². The maximum atomic E-state index is 10.4. The summed E-state index contributed by atoms with van der Waals surface area (Å²) in [6.45, 7) is 4.81. The quantitative estimate of drug-likeness (QED) is 0.583. The van der Waals surface area contributed by atoms with Crippen LogP contribution in [-0.4, -0.2) is 41.5 Å². The summed E-state index contributed by atoms with van der Waals surface area (Å²) < 4.78 is 0. The van der Waals surface area contributed by atoms with E-state index in [1.165, 1.54) is 12.3 Å². The summed E-state index contributed by atoms with van der Waals surface area (Å²) in [6, 6.07) is 3.06. The van der Waals surface area contributed by atoms with Gasteiger partial charge in [0.05, 0.1) is 5.69 Å². The molecule has 6 heteroatoms. The normalized spacial score (nSPS) is 10.4. The van der Waals surface area contributed by atoms with Gasteiger partial charge in [0.15, 0.2) is 6.20 Å². The van der Waals surface area contributed by atoms with E-state index in [2.05, 4.69) is 22.1 Å². The predicted molar refractivity (Wildman–Crippen MR) is 62.6 cm³/mol. The molecule has 88 valence electrons. The summed E-state index contributed by atoms with van der Waals surface area (Å²) in [6.07, 6.45) is 1.48. The SMILES string of the molecule is CCN(C)CCNc1ccc([N+](=O)[O-])nc1. The zero-order chi connectivity index (χ0) is 12.0. The molecule has 0 unspecified atom stereocenters. The van der Waals surface area contributed by atoms with Crippen molar-refractivity contribution in [1.82, 2.24) is 9.88 Å². The monoisotopic (exact) mass is 224 g/mol. The number of likely N-dealkylation sites (N-methyl/N-ethyl adjacent to an activating group) is 1. The Labute approximate surface area is 94.4 Å². The summed E-state index contributed by atoms with van der Waals surface area (Å²) in [5.41, 5.74) is 0.801. The van der Waals surface area contributed by atoms with Crippen LogP contribution in [0.5, 0.6) is 0 Å². The molecule has 0 aliphatic carbocycles. The smallest absolute Gasteiger partial charge is 0.363 e. The summed E-state index contributed by atoms with van der Waals surface area (Å²) in [7, 11) is 2.04. The van der Waals surface area contributed by atoms with Crippen LogP contribution in [-0.2, 0) is 0 Å². The van der Waals surface area contributed by atoms with E-state index in [1.54, 1.807) is 6.07 Å². The number of nitrogens with zero attached hydrogens (tertiary/aromatic N) is 3. The lowest BCUT2D eigenvalue weighted by molar-refractivity contribution is -0.389. The maximum absolute atomic E-state index is 10.4. The number of hydrogen-bond donors (Lipinski definition) is 1. The number of nitro groups is 1. The summed E-state index contributed by atoms with van der Waals surface area (Å²) in [4.78, 5) is 15.8. The Balaban J connectivity index is 2.40. The average molecular weight is 224 g/mol. The average Bonchev–Trinajstić information content (AvgIpc) is 2.29. The van der Waals surface area contributed by atoms with Crippen molar-refractivity contribution in [2.75, 3.05) is 32.0 Å². The van der Waals surface area contributed by atoms with Crippen LogP contribution in [0.15, 0.2) is 18.3 Å². The van der Waals surface area contributed by atoms with E-state index in [4.69, 9.17) is 0 Å². The Kier molecular flexibility index (Phi) is 4.65. The van der Waals surface area contributed by atoms with Gasteiger partial charge in [-0.3, -0.25) is 0 Å². The lowest BCUT2D eigenvalue weighted by Gasteiger charge is -2.13. The molecule has 0 aliphatic heterocycles. The summed E-state index contributed by atoms with van der Waals surface area (Å²) in [5, 5.41) is 13.5. The molecule has 1 N–H and O–H groups in total. The van der Waals surface area contributed by atoms with Crippen LogP contribution in [0.1, 0.15) is 6.92 Å². The first-order chi connectivity index (χ1) is 7.63. The molecule has 16 heavy (non-hydrogen) atoms. The molecule has 0 bridgehead atoms. The molecule has 1 heterocycles. The Morgan fingerprint density at radius 2 is 2.31 bits per heavy atom. The highest BCUT2D eigenvalue weighted by Crippen LogP contribution is 2.10. The van der Waals surface area contributed by atoms with Gasteiger partial charge in [-0.15, -0.1) is 0 Å². The van der Waals surface area contributed by atoms with E-state index in [-0.39, 0.29) is 5.82 Å². The fourth-order valence-corrected chi connectivity index (χ4v) is 1.15. The molecule has 0 saturated heterocycles. The fourth-order valence-electron chi connectivity index (χ4n) is 1.15. The van der Waals surface area contributed by atoms with Crippen LogP contribution >= 0.6 is 0 Å². The molecule has 1 aromatic heterocycles. The van der Waals surface area contributed by atoms with Gasteiger partial charge < -0.3 is 20.3 Å². The Hall–Kier alpha value is -1.69. The lowest BCUT2D eigenvalue weighted by atomic mass is 10.4. The lowest BCUT2D eigenvalue weighted by Crippen LogP contribution is -2.24. The van der Waals surface area contributed by atoms with Crippen molar-refractivity contribution in [3.05, 3.63) is 28.4 Å². The first kappa shape index (κ1) is 12.4. The Morgan fingerprint density at radius 3 is 2.81 bits per heavy atom. The number of anilines is 1. The van der Waals surface area contributed by atoms with Crippen molar-refractivity contribution in [3.63, 3.8) is 0 Å². The Bertz CT molecular complexity index is 339. The first-order valence-electron chi connectivity index (χ1n) is 5.16. The third kappa shape index (κ3) is 3.82. The van der Waals surface area contributed by atoms with Crippen LogP contribution < -0.4 is 5.32 Å². The van der Waals surface area contributed by atoms with E-state index >= 15 is 0 Å². The number of hydrogen-bond acceptors (Lipinski definition) is 5. The van der Waals surface area contributed by atoms with Gasteiger partial charge in [0.1, 0.15) is 0 Å². The van der Waals surface area contributed by atoms with Gasteiger partial charge in [-0.2, -0.15) is 0 Å². The van der Waals surface area contributed by atoms with Gasteiger partial charge in [-0.1, -0.05) is 6.92 Å². The number of nitrogens with one attached hydrogen (secondary N) is 1. The van der Waals surface area contributed by atoms with Gasteiger partial charge in [0, 0.05) is 19.2 Å². The molecular formula is C10H16N4O2. The maximum Gasteiger partial charge on any atom is 0.363 e. The number of rotatable bonds is 6. The molecule has 0 atom stereocenters. The van der Waals surface area contributed by atoms with E-state index in [9.17, 15) is 10.1 Å². The highest BCUT2D eigenvalue weighted by atomic mass is 16.6.